The van der Waals surface area contributed by atoms with Crippen molar-refractivity contribution in [1.29, 1.82) is 0 Å². The summed E-state index contributed by atoms with van der Waals surface area (Å²) in [5.41, 5.74) is 3.34. The Morgan fingerprint density at radius 1 is 1.29 bits per heavy atom. The Morgan fingerprint density at radius 3 is 2.68 bits per heavy atom. The number of hydrogen-bond acceptors (Lipinski definition) is 6. The molecule has 8 heteroatoms. The molecule has 0 bridgehead atoms. The van der Waals surface area contributed by atoms with Crippen LogP contribution in [-0.4, -0.2) is 35.0 Å². The molecule has 1 atom stereocenters. The number of esters is 1. The van der Waals surface area contributed by atoms with E-state index in [0.29, 0.717) is 23.2 Å². The summed E-state index contributed by atoms with van der Waals surface area (Å²) in [7, 11) is -1.03. The maximum Gasteiger partial charge on any atom is 0.492 e. The summed E-state index contributed by atoms with van der Waals surface area (Å²) >= 11 is 0. The molecule has 0 radical (unpaired) electrons. The lowest BCUT2D eigenvalue weighted by Crippen LogP contribution is -2.46. The smallest absolute Gasteiger partial charge is 0.459 e. The van der Waals surface area contributed by atoms with E-state index in [4.69, 9.17) is 9.39 Å². The van der Waals surface area contributed by atoms with Crippen molar-refractivity contribution in [2.75, 3.05) is 0 Å². The average molecular weight is 382 g/mol. The van der Waals surface area contributed by atoms with Crippen LogP contribution in [0.15, 0.2) is 36.7 Å². The lowest BCUT2D eigenvalue weighted by Gasteiger charge is -2.22. The first-order valence-corrected chi connectivity index (χ1v) is 9.17. The van der Waals surface area contributed by atoms with Crippen LogP contribution in [0.5, 0.6) is 0 Å². The fraction of sp³-hybridized carbons (Fsp3) is 0.350. The summed E-state index contributed by atoms with van der Waals surface area (Å²) in [5, 5.41) is 12.7. The number of carbonyl (C=O) groups is 2. The number of hydrogen-bond donors (Lipinski definition) is 2. The Bertz CT molecular complexity index is 872. The van der Waals surface area contributed by atoms with Crippen LogP contribution >= 0.6 is 0 Å². The molecule has 2 aromatic rings. The van der Waals surface area contributed by atoms with E-state index >= 15 is 0 Å². The number of rotatable bonds is 6. The molecule has 0 aliphatic carbocycles. The van der Waals surface area contributed by atoms with Gasteiger partial charge in [0.2, 0.25) is 0 Å². The normalized spacial score (nSPS) is 14.0. The molecule has 0 saturated heterocycles. The van der Waals surface area contributed by atoms with E-state index in [1.54, 1.807) is 43.6 Å². The second kappa shape index (κ2) is 8.54. The van der Waals surface area contributed by atoms with E-state index in [9.17, 15) is 14.6 Å². The predicted molar refractivity (Wildman–Crippen MR) is 104 cm³/mol. The molecule has 1 aromatic heterocycles. The Hall–Kier alpha value is -2.71. The van der Waals surface area contributed by atoms with Crippen molar-refractivity contribution in [3.63, 3.8) is 0 Å². The zero-order valence-corrected chi connectivity index (χ0v) is 16.1. The molecule has 1 amide bonds. The predicted octanol–water partition coefficient (Wildman–Crippen LogP) is 1.11. The number of pyridine rings is 1. The average Bonchev–Trinajstić information content (AvgIpc) is 3.06. The van der Waals surface area contributed by atoms with Crippen LogP contribution < -0.4 is 10.8 Å². The second-order valence-corrected chi connectivity index (χ2v) is 7.13. The Morgan fingerprint density at radius 2 is 2.00 bits per heavy atom. The highest BCUT2D eigenvalue weighted by atomic mass is 16.5. The molecule has 0 saturated carbocycles. The van der Waals surface area contributed by atoms with Crippen molar-refractivity contribution in [2.24, 2.45) is 5.92 Å². The number of nitrogens with one attached hydrogen (secondary N) is 1. The number of amides is 1. The van der Waals surface area contributed by atoms with Gasteiger partial charge in [-0.15, -0.1) is 0 Å². The Kier molecular flexibility index (Phi) is 6.11. The third-order valence-corrected chi connectivity index (χ3v) is 4.83. The first-order valence-electron chi connectivity index (χ1n) is 9.17. The SMILES string of the molecule is Cc1c(C(=O)NC(C(=O)OCc2ccncc2)C(C)C)ccc2c1B(O)OC2. The minimum Gasteiger partial charge on any atom is -0.459 e. The molecule has 1 unspecified atom stereocenters. The van der Waals surface area contributed by atoms with Crippen LogP contribution in [0, 0.1) is 12.8 Å². The molecule has 2 N–H and O–H groups in total. The molecule has 0 spiro atoms. The van der Waals surface area contributed by atoms with Gasteiger partial charge >= 0.3 is 13.1 Å². The van der Waals surface area contributed by atoms with Crippen molar-refractivity contribution in [3.8, 4) is 0 Å². The molecule has 3 rings (SSSR count). The highest BCUT2D eigenvalue weighted by Gasteiger charge is 2.32. The number of ether oxygens (including phenoxy) is 1. The van der Waals surface area contributed by atoms with Gasteiger partial charge in [0.25, 0.3) is 5.91 Å². The topological polar surface area (TPSA) is 97.8 Å². The maximum absolute atomic E-state index is 12.8. The van der Waals surface area contributed by atoms with Crippen LogP contribution in [0.25, 0.3) is 0 Å². The van der Waals surface area contributed by atoms with E-state index in [1.165, 1.54) is 0 Å². The minimum atomic E-state index is -1.03. The van der Waals surface area contributed by atoms with Gasteiger partial charge in [0.1, 0.15) is 12.6 Å². The summed E-state index contributed by atoms with van der Waals surface area (Å²) in [5.74, 6) is -1.04. The molecule has 7 nitrogen and oxygen atoms in total. The zero-order valence-electron chi connectivity index (χ0n) is 16.1. The van der Waals surface area contributed by atoms with Crippen molar-refractivity contribution in [1.82, 2.24) is 10.3 Å². The van der Waals surface area contributed by atoms with Gasteiger partial charge in [-0.1, -0.05) is 19.9 Å². The molecular weight excluding hydrogens is 359 g/mol. The van der Waals surface area contributed by atoms with E-state index in [-0.39, 0.29) is 18.4 Å². The van der Waals surface area contributed by atoms with Gasteiger partial charge in [-0.05, 0) is 53.2 Å². The molecule has 1 aliphatic heterocycles. The van der Waals surface area contributed by atoms with Crippen LogP contribution in [0.3, 0.4) is 0 Å². The number of carbonyl (C=O) groups excluding carboxylic acids is 2. The maximum atomic E-state index is 12.8. The van der Waals surface area contributed by atoms with Gasteiger partial charge in [0.15, 0.2) is 0 Å². The van der Waals surface area contributed by atoms with Crippen molar-refractivity contribution in [2.45, 2.75) is 40.0 Å². The molecule has 1 aromatic carbocycles. The highest BCUT2D eigenvalue weighted by Crippen LogP contribution is 2.17. The minimum absolute atomic E-state index is 0.113. The van der Waals surface area contributed by atoms with Crippen molar-refractivity contribution < 1.29 is 24.0 Å². The van der Waals surface area contributed by atoms with Gasteiger partial charge in [0.05, 0.1) is 6.61 Å². The molecular formula is C20H23BN2O5. The van der Waals surface area contributed by atoms with Crippen LogP contribution in [0.4, 0.5) is 0 Å². The molecule has 2 heterocycles. The molecule has 1 aliphatic rings. The highest BCUT2D eigenvalue weighted by molar-refractivity contribution is 6.62. The fourth-order valence-corrected chi connectivity index (χ4v) is 3.19. The van der Waals surface area contributed by atoms with E-state index in [0.717, 1.165) is 11.1 Å². The Balaban J connectivity index is 1.71. The summed E-state index contributed by atoms with van der Waals surface area (Å²) in [6.45, 7) is 5.87. The number of nitrogens with zero attached hydrogens (tertiary/aromatic N) is 1. The van der Waals surface area contributed by atoms with Gasteiger partial charge in [0, 0.05) is 18.0 Å². The van der Waals surface area contributed by atoms with E-state index in [2.05, 4.69) is 10.3 Å². The number of benzene rings is 1. The van der Waals surface area contributed by atoms with Crippen LogP contribution in [-0.2, 0) is 27.4 Å². The third kappa shape index (κ3) is 4.23. The molecule has 28 heavy (non-hydrogen) atoms. The monoisotopic (exact) mass is 382 g/mol. The number of aromatic nitrogens is 1. The third-order valence-electron chi connectivity index (χ3n) is 4.83. The first kappa shape index (κ1) is 20.0. The van der Waals surface area contributed by atoms with Gasteiger partial charge in [-0.2, -0.15) is 0 Å². The summed E-state index contributed by atoms with van der Waals surface area (Å²) in [4.78, 5) is 29.3. The van der Waals surface area contributed by atoms with Crippen molar-refractivity contribution in [3.05, 3.63) is 58.9 Å². The van der Waals surface area contributed by atoms with E-state index in [1.807, 2.05) is 13.8 Å². The standard InChI is InChI=1S/C20H23BN2O5/c1-12(2)18(20(25)27-10-14-6-8-22-9-7-14)23-19(24)16-5-4-15-11-28-21(26)17(15)13(16)3/h4-9,12,18,26H,10-11H2,1-3H3,(H,23,24). The zero-order chi connectivity index (χ0) is 20.3. The largest absolute Gasteiger partial charge is 0.492 e. The Labute approximate surface area is 164 Å². The molecule has 146 valence electrons. The van der Waals surface area contributed by atoms with Gasteiger partial charge in [-0.3, -0.25) is 9.78 Å². The second-order valence-electron chi connectivity index (χ2n) is 7.13. The summed E-state index contributed by atoms with van der Waals surface area (Å²) in [6, 6.07) is 6.18. The van der Waals surface area contributed by atoms with Crippen LogP contribution in [0.2, 0.25) is 0 Å². The molecule has 0 fully saturated rings. The summed E-state index contributed by atoms with van der Waals surface area (Å²) < 4.78 is 10.6. The van der Waals surface area contributed by atoms with E-state index < -0.39 is 19.1 Å². The quantitative estimate of drug-likeness (QED) is 0.574. The van der Waals surface area contributed by atoms with Crippen molar-refractivity contribution >= 4 is 24.5 Å². The van der Waals surface area contributed by atoms with Gasteiger partial charge < -0.3 is 19.7 Å². The number of fused-ring (bicyclic) bond motifs is 1. The van der Waals surface area contributed by atoms with Crippen LogP contribution in [0.1, 0.15) is 40.9 Å². The first-order chi connectivity index (χ1) is 13.4. The summed E-state index contributed by atoms with van der Waals surface area (Å²) in [6.07, 6.45) is 3.25. The lowest BCUT2D eigenvalue weighted by atomic mass is 9.75. The fourth-order valence-electron chi connectivity index (χ4n) is 3.19. The van der Waals surface area contributed by atoms with Gasteiger partial charge in [-0.25, -0.2) is 4.79 Å². The lowest BCUT2D eigenvalue weighted by molar-refractivity contribution is -0.148.